The highest BCUT2D eigenvalue weighted by Gasteiger charge is 2.04. The van der Waals surface area contributed by atoms with Gasteiger partial charge in [-0.1, -0.05) is 6.07 Å². The van der Waals surface area contributed by atoms with Gasteiger partial charge in [0.15, 0.2) is 5.58 Å². The molecule has 2 heterocycles. The van der Waals surface area contributed by atoms with E-state index in [1.165, 1.54) is 6.20 Å². The summed E-state index contributed by atoms with van der Waals surface area (Å²) in [5, 5.41) is 0. The van der Waals surface area contributed by atoms with Crippen LogP contribution in [0.4, 0.5) is 0 Å². The van der Waals surface area contributed by atoms with Crippen LogP contribution in [-0.2, 0) is 0 Å². The van der Waals surface area contributed by atoms with Gasteiger partial charge in [-0.3, -0.25) is 4.98 Å². The SMILES string of the molecule is O=c1nccc(-c2ccc3[nH]c(=O)oc3c2)[nH]1. The van der Waals surface area contributed by atoms with Crippen molar-refractivity contribution < 1.29 is 4.42 Å². The summed E-state index contributed by atoms with van der Waals surface area (Å²) in [4.78, 5) is 30.8. The number of aromatic nitrogens is 3. The van der Waals surface area contributed by atoms with Gasteiger partial charge >= 0.3 is 11.4 Å². The molecule has 0 saturated heterocycles. The van der Waals surface area contributed by atoms with Crippen LogP contribution in [-0.4, -0.2) is 15.0 Å². The monoisotopic (exact) mass is 229 g/mol. The van der Waals surface area contributed by atoms with Gasteiger partial charge in [0, 0.05) is 11.8 Å². The number of benzene rings is 1. The largest absolute Gasteiger partial charge is 0.417 e. The summed E-state index contributed by atoms with van der Waals surface area (Å²) < 4.78 is 4.94. The van der Waals surface area contributed by atoms with Crippen molar-refractivity contribution >= 4 is 11.1 Å². The second-order valence-corrected chi connectivity index (χ2v) is 3.51. The van der Waals surface area contributed by atoms with E-state index in [0.717, 1.165) is 5.56 Å². The first kappa shape index (κ1) is 9.59. The van der Waals surface area contributed by atoms with Gasteiger partial charge in [0.05, 0.1) is 11.2 Å². The summed E-state index contributed by atoms with van der Waals surface area (Å²) in [6.45, 7) is 0. The fourth-order valence-electron chi connectivity index (χ4n) is 1.65. The molecule has 0 spiro atoms. The fraction of sp³-hybridized carbons (Fsp3) is 0. The van der Waals surface area contributed by atoms with Crippen molar-refractivity contribution in [1.82, 2.24) is 15.0 Å². The number of hydrogen-bond donors (Lipinski definition) is 2. The van der Waals surface area contributed by atoms with Gasteiger partial charge in [0.1, 0.15) is 0 Å². The maximum absolute atomic E-state index is 11.1. The van der Waals surface area contributed by atoms with Gasteiger partial charge in [0.25, 0.3) is 0 Å². The van der Waals surface area contributed by atoms with E-state index >= 15 is 0 Å². The van der Waals surface area contributed by atoms with Gasteiger partial charge in [-0.2, -0.15) is 0 Å². The first-order chi connectivity index (χ1) is 8.22. The average Bonchev–Trinajstić information content (AvgIpc) is 2.68. The van der Waals surface area contributed by atoms with E-state index in [2.05, 4.69) is 15.0 Å². The zero-order valence-corrected chi connectivity index (χ0v) is 8.56. The zero-order valence-electron chi connectivity index (χ0n) is 8.56. The van der Waals surface area contributed by atoms with Crippen molar-refractivity contribution in [2.24, 2.45) is 0 Å². The molecule has 3 aromatic rings. The summed E-state index contributed by atoms with van der Waals surface area (Å²) in [5.41, 5.74) is 2.02. The Morgan fingerprint density at radius 3 is 2.82 bits per heavy atom. The van der Waals surface area contributed by atoms with Crippen LogP contribution in [0.5, 0.6) is 0 Å². The van der Waals surface area contributed by atoms with E-state index in [-0.39, 0.29) is 0 Å². The van der Waals surface area contributed by atoms with Crippen molar-refractivity contribution in [3.63, 3.8) is 0 Å². The molecular weight excluding hydrogens is 222 g/mol. The minimum atomic E-state index is -0.500. The van der Waals surface area contributed by atoms with Crippen molar-refractivity contribution in [1.29, 1.82) is 0 Å². The molecule has 0 amide bonds. The second-order valence-electron chi connectivity index (χ2n) is 3.51. The molecule has 0 saturated carbocycles. The standard InChI is InChI=1S/C11H7N3O3/c15-10-12-4-3-7(13-10)6-1-2-8-9(5-6)17-11(16)14-8/h1-5H,(H,14,16)(H,12,13,15). The third kappa shape index (κ3) is 1.65. The first-order valence-corrected chi connectivity index (χ1v) is 4.91. The molecular formula is C11H7N3O3. The normalized spacial score (nSPS) is 10.8. The smallest absolute Gasteiger partial charge is 0.408 e. The van der Waals surface area contributed by atoms with Crippen LogP contribution in [0.1, 0.15) is 0 Å². The van der Waals surface area contributed by atoms with Crippen molar-refractivity contribution in [2.75, 3.05) is 0 Å². The fourth-order valence-corrected chi connectivity index (χ4v) is 1.65. The highest BCUT2D eigenvalue weighted by molar-refractivity contribution is 5.78. The first-order valence-electron chi connectivity index (χ1n) is 4.91. The molecule has 84 valence electrons. The molecule has 2 aromatic heterocycles. The van der Waals surface area contributed by atoms with E-state index in [1.807, 2.05) is 0 Å². The van der Waals surface area contributed by atoms with Crippen LogP contribution in [0.2, 0.25) is 0 Å². The van der Waals surface area contributed by atoms with Crippen LogP contribution in [0.3, 0.4) is 0 Å². The third-order valence-electron chi connectivity index (χ3n) is 2.41. The van der Waals surface area contributed by atoms with E-state index in [1.54, 1.807) is 24.3 Å². The molecule has 0 atom stereocenters. The summed E-state index contributed by atoms with van der Waals surface area (Å²) in [5.74, 6) is -0.500. The Hall–Kier alpha value is -2.63. The highest BCUT2D eigenvalue weighted by Crippen LogP contribution is 2.20. The minimum Gasteiger partial charge on any atom is -0.408 e. The minimum absolute atomic E-state index is 0.418. The van der Waals surface area contributed by atoms with Crippen LogP contribution < -0.4 is 11.4 Å². The maximum atomic E-state index is 11.1. The molecule has 0 aliphatic rings. The topological polar surface area (TPSA) is 91.8 Å². The summed E-state index contributed by atoms with van der Waals surface area (Å²) in [6, 6.07) is 6.85. The number of nitrogens with one attached hydrogen (secondary N) is 2. The van der Waals surface area contributed by atoms with Crippen LogP contribution in [0.15, 0.2) is 44.5 Å². The Morgan fingerprint density at radius 1 is 1.12 bits per heavy atom. The van der Waals surface area contributed by atoms with Crippen LogP contribution in [0, 0.1) is 0 Å². The predicted octanol–water partition coefficient (Wildman–Crippen LogP) is 0.871. The average molecular weight is 229 g/mol. The molecule has 6 nitrogen and oxygen atoms in total. The van der Waals surface area contributed by atoms with Crippen molar-refractivity contribution in [3.05, 3.63) is 51.5 Å². The van der Waals surface area contributed by atoms with Crippen molar-refractivity contribution in [2.45, 2.75) is 0 Å². The predicted molar refractivity (Wildman–Crippen MR) is 60.7 cm³/mol. The van der Waals surface area contributed by atoms with E-state index in [9.17, 15) is 9.59 Å². The number of fused-ring (bicyclic) bond motifs is 1. The summed E-state index contributed by atoms with van der Waals surface area (Å²) >= 11 is 0. The van der Waals surface area contributed by atoms with Gasteiger partial charge in [-0.25, -0.2) is 14.6 Å². The Morgan fingerprint density at radius 2 is 2.00 bits per heavy atom. The Kier molecular flexibility index (Phi) is 1.94. The van der Waals surface area contributed by atoms with Gasteiger partial charge in [-0.15, -0.1) is 0 Å². The second kappa shape index (κ2) is 3.44. The Bertz CT molecular complexity index is 797. The molecule has 0 fully saturated rings. The van der Waals surface area contributed by atoms with E-state index in [0.29, 0.717) is 16.8 Å². The van der Waals surface area contributed by atoms with Gasteiger partial charge in [0.2, 0.25) is 0 Å². The van der Waals surface area contributed by atoms with Gasteiger partial charge in [-0.05, 0) is 18.2 Å². The third-order valence-corrected chi connectivity index (χ3v) is 2.41. The number of H-pyrrole nitrogens is 2. The van der Waals surface area contributed by atoms with Crippen molar-refractivity contribution in [3.8, 4) is 11.3 Å². The summed E-state index contributed by atoms with van der Waals surface area (Å²) in [7, 11) is 0. The quantitative estimate of drug-likeness (QED) is 0.647. The molecule has 0 aliphatic heterocycles. The molecule has 6 heteroatoms. The Balaban J connectivity index is 2.24. The molecule has 0 aliphatic carbocycles. The lowest BCUT2D eigenvalue weighted by molar-refractivity contribution is 0.555. The number of nitrogens with zero attached hydrogens (tertiary/aromatic N) is 1. The summed E-state index contributed by atoms with van der Waals surface area (Å²) in [6.07, 6.45) is 1.42. The molecule has 3 rings (SSSR count). The van der Waals surface area contributed by atoms with Crippen LogP contribution in [0.25, 0.3) is 22.4 Å². The molecule has 1 aromatic carbocycles. The lowest BCUT2D eigenvalue weighted by Crippen LogP contribution is -2.09. The number of aromatic amines is 2. The number of hydrogen-bond acceptors (Lipinski definition) is 4. The van der Waals surface area contributed by atoms with E-state index < -0.39 is 11.4 Å². The van der Waals surface area contributed by atoms with E-state index in [4.69, 9.17) is 4.42 Å². The molecule has 2 N–H and O–H groups in total. The number of rotatable bonds is 1. The molecule has 0 unspecified atom stereocenters. The van der Waals surface area contributed by atoms with Crippen LogP contribution >= 0.6 is 0 Å². The highest BCUT2D eigenvalue weighted by atomic mass is 16.4. The maximum Gasteiger partial charge on any atom is 0.417 e. The zero-order chi connectivity index (χ0) is 11.8. The molecule has 0 radical (unpaired) electrons. The Labute approximate surface area is 93.9 Å². The van der Waals surface area contributed by atoms with Gasteiger partial charge < -0.3 is 9.40 Å². The molecule has 17 heavy (non-hydrogen) atoms. The number of oxazole rings is 1. The molecule has 0 bridgehead atoms. The lowest BCUT2D eigenvalue weighted by atomic mass is 10.1. The lowest BCUT2D eigenvalue weighted by Gasteiger charge is -1.99.